The monoisotopic (exact) mass is 355 g/mol. The van der Waals surface area contributed by atoms with E-state index in [1.54, 1.807) is 0 Å². The lowest BCUT2D eigenvalue weighted by atomic mass is 10.1. The average molecular weight is 355 g/mol. The summed E-state index contributed by atoms with van der Waals surface area (Å²) in [5.74, 6) is 0.565. The van der Waals surface area contributed by atoms with Gasteiger partial charge in [-0.1, -0.05) is 67.6 Å². The molecule has 1 atom stereocenters. The number of amides is 1. The molecule has 134 valence electrons. The van der Waals surface area contributed by atoms with Crippen molar-refractivity contribution in [2.45, 2.75) is 19.4 Å². The van der Waals surface area contributed by atoms with Gasteiger partial charge in [-0.15, -0.1) is 0 Å². The SMILES string of the molecule is CCC(Oc1ccc2ccccc2c1)C(=O)Nc1ccc2ccccc2c1. The van der Waals surface area contributed by atoms with E-state index in [2.05, 4.69) is 17.4 Å². The number of carbonyl (C=O) groups is 1. The van der Waals surface area contributed by atoms with E-state index in [0.29, 0.717) is 12.2 Å². The van der Waals surface area contributed by atoms with Crippen molar-refractivity contribution >= 4 is 33.1 Å². The van der Waals surface area contributed by atoms with Gasteiger partial charge >= 0.3 is 0 Å². The summed E-state index contributed by atoms with van der Waals surface area (Å²) in [5.41, 5.74) is 0.777. The molecule has 3 nitrogen and oxygen atoms in total. The summed E-state index contributed by atoms with van der Waals surface area (Å²) in [6, 6.07) is 28.0. The molecular formula is C24H21NO2. The van der Waals surface area contributed by atoms with Gasteiger partial charge in [-0.05, 0) is 52.2 Å². The minimum Gasteiger partial charge on any atom is -0.481 e. The number of carbonyl (C=O) groups excluding carboxylic acids is 1. The first-order chi connectivity index (χ1) is 13.2. The molecule has 0 aliphatic rings. The zero-order chi connectivity index (χ0) is 18.6. The van der Waals surface area contributed by atoms with Crippen LogP contribution in [-0.4, -0.2) is 12.0 Å². The van der Waals surface area contributed by atoms with E-state index in [9.17, 15) is 4.79 Å². The molecule has 1 unspecified atom stereocenters. The fraction of sp³-hybridized carbons (Fsp3) is 0.125. The van der Waals surface area contributed by atoms with Gasteiger partial charge in [0.25, 0.3) is 5.91 Å². The Bertz CT molecular complexity index is 1100. The number of ether oxygens (including phenoxy) is 1. The smallest absolute Gasteiger partial charge is 0.265 e. The van der Waals surface area contributed by atoms with Crippen LogP contribution in [-0.2, 0) is 4.79 Å². The van der Waals surface area contributed by atoms with Gasteiger partial charge in [0, 0.05) is 5.69 Å². The van der Waals surface area contributed by atoms with E-state index in [0.717, 1.165) is 27.2 Å². The predicted molar refractivity (Wildman–Crippen MR) is 111 cm³/mol. The first-order valence-corrected chi connectivity index (χ1v) is 9.18. The molecular weight excluding hydrogens is 334 g/mol. The number of benzene rings is 4. The largest absolute Gasteiger partial charge is 0.481 e. The summed E-state index contributed by atoms with van der Waals surface area (Å²) in [4.78, 5) is 12.7. The van der Waals surface area contributed by atoms with Crippen LogP contribution in [0, 0.1) is 0 Å². The van der Waals surface area contributed by atoms with Gasteiger partial charge in [0.1, 0.15) is 5.75 Å². The minimum absolute atomic E-state index is 0.138. The quantitative estimate of drug-likeness (QED) is 0.492. The molecule has 1 amide bonds. The van der Waals surface area contributed by atoms with E-state index in [-0.39, 0.29) is 5.91 Å². The Hall–Kier alpha value is -3.33. The maximum atomic E-state index is 12.7. The number of hydrogen-bond acceptors (Lipinski definition) is 2. The second kappa shape index (κ2) is 7.50. The Labute approximate surface area is 158 Å². The molecule has 0 saturated carbocycles. The molecule has 3 heteroatoms. The predicted octanol–water partition coefficient (Wildman–Crippen LogP) is 5.79. The highest BCUT2D eigenvalue weighted by atomic mass is 16.5. The summed E-state index contributed by atoms with van der Waals surface area (Å²) >= 11 is 0. The summed E-state index contributed by atoms with van der Waals surface area (Å²) < 4.78 is 5.98. The number of hydrogen-bond donors (Lipinski definition) is 1. The van der Waals surface area contributed by atoms with Gasteiger partial charge in [-0.2, -0.15) is 0 Å². The number of fused-ring (bicyclic) bond motifs is 2. The molecule has 27 heavy (non-hydrogen) atoms. The van der Waals surface area contributed by atoms with Crippen LogP contribution in [0.3, 0.4) is 0 Å². The Morgan fingerprint density at radius 2 is 1.41 bits per heavy atom. The highest BCUT2D eigenvalue weighted by Gasteiger charge is 2.18. The maximum absolute atomic E-state index is 12.7. The van der Waals surface area contributed by atoms with Gasteiger partial charge in [-0.25, -0.2) is 0 Å². The topological polar surface area (TPSA) is 38.3 Å². The molecule has 1 N–H and O–H groups in total. The van der Waals surface area contributed by atoms with E-state index in [1.165, 1.54) is 0 Å². The lowest BCUT2D eigenvalue weighted by Crippen LogP contribution is -2.32. The fourth-order valence-electron chi connectivity index (χ4n) is 3.22. The molecule has 0 aliphatic carbocycles. The van der Waals surface area contributed by atoms with Gasteiger partial charge in [0.15, 0.2) is 6.10 Å². The van der Waals surface area contributed by atoms with Crippen molar-refractivity contribution in [1.82, 2.24) is 0 Å². The summed E-state index contributed by atoms with van der Waals surface area (Å²) in [5, 5.41) is 7.47. The third kappa shape index (κ3) is 3.77. The second-order valence-corrected chi connectivity index (χ2v) is 6.57. The van der Waals surface area contributed by atoms with Gasteiger partial charge < -0.3 is 10.1 Å². The lowest BCUT2D eigenvalue weighted by molar-refractivity contribution is -0.122. The van der Waals surface area contributed by atoms with Gasteiger partial charge in [0.2, 0.25) is 0 Å². The van der Waals surface area contributed by atoms with Crippen LogP contribution in [0.4, 0.5) is 5.69 Å². The highest BCUT2D eigenvalue weighted by molar-refractivity contribution is 5.97. The maximum Gasteiger partial charge on any atom is 0.265 e. The molecule has 0 spiro atoms. The zero-order valence-corrected chi connectivity index (χ0v) is 15.2. The van der Waals surface area contributed by atoms with Crippen molar-refractivity contribution in [3.05, 3.63) is 84.9 Å². The standard InChI is InChI=1S/C24H21NO2/c1-2-23(27-22-14-12-18-8-4-6-10-20(18)16-22)24(26)25-21-13-11-17-7-3-5-9-19(17)15-21/h3-16,23H,2H2,1H3,(H,25,26). The van der Waals surface area contributed by atoms with Crippen LogP contribution < -0.4 is 10.1 Å². The summed E-state index contributed by atoms with van der Waals surface area (Å²) in [7, 11) is 0. The Morgan fingerprint density at radius 1 is 0.815 bits per heavy atom. The lowest BCUT2D eigenvalue weighted by Gasteiger charge is -2.18. The number of rotatable bonds is 5. The molecule has 0 heterocycles. The molecule has 4 aromatic carbocycles. The number of nitrogens with one attached hydrogen (secondary N) is 1. The van der Waals surface area contributed by atoms with E-state index >= 15 is 0 Å². The minimum atomic E-state index is -0.544. The van der Waals surface area contributed by atoms with Crippen LogP contribution >= 0.6 is 0 Å². The molecule has 0 saturated heterocycles. The van der Waals surface area contributed by atoms with Crippen molar-refractivity contribution in [3.63, 3.8) is 0 Å². The molecule has 0 radical (unpaired) electrons. The van der Waals surface area contributed by atoms with Crippen LogP contribution in [0.25, 0.3) is 21.5 Å². The van der Waals surface area contributed by atoms with Crippen LogP contribution in [0.5, 0.6) is 5.75 Å². The molecule has 0 bridgehead atoms. The third-order valence-corrected chi connectivity index (χ3v) is 4.68. The first-order valence-electron chi connectivity index (χ1n) is 9.18. The van der Waals surface area contributed by atoms with Crippen LogP contribution in [0.2, 0.25) is 0 Å². The third-order valence-electron chi connectivity index (χ3n) is 4.68. The van der Waals surface area contributed by atoms with Crippen molar-refractivity contribution in [3.8, 4) is 5.75 Å². The van der Waals surface area contributed by atoms with Crippen LogP contribution in [0.1, 0.15) is 13.3 Å². The molecule has 4 aromatic rings. The van der Waals surface area contributed by atoms with E-state index in [1.807, 2.05) is 79.7 Å². The summed E-state index contributed by atoms with van der Waals surface area (Å²) in [6.07, 6.45) is 0.0457. The zero-order valence-electron chi connectivity index (χ0n) is 15.2. The average Bonchev–Trinajstić information content (AvgIpc) is 2.71. The molecule has 0 aromatic heterocycles. The Kier molecular flexibility index (Phi) is 4.75. The number of anilines is 1. The summed E-state index contributed by atoms with van der Waals surface area (Å²) in [6.45, 7) is 1.95. The van der Waals surface area contributed by atoms with Crippen molar-refractivity contribution < 1.29 is 9.53 Å². The first kappa shape index (κ1) is 17.1. The Balaban J connectivity index is 1.51. The van der Waals surface area contributed by atoms with Crippen molar-refractivity contribution in [2.24, 2.45) is 0 Å². The normalized spacial score (nSPS) is 12.0. The van der Waals surface area contributed by atoms with Crippen LogP contribution in [0.15, 0.2) is 84.9 Å². The second-order valence-electron chi connectivity index (χ2n) is 6.57. The molecule has 0 fully saturated rings. The van der Waals surface area contributed by atoms with E-state index < -0.39 is 6.10 Å². The Morgan fingerprint density at radius 3 is 2.07 bits per heavy atom. The van der Waals surface area contributed by atoms with Crippen molar-refractivity contribution in [1.29, 1.82) is 0 Å². The van der Waals surface area contributed by atoms with Gasteiger partial charge in [-0.3, -0.25) is 4.79 Å². The molecule has 4 rings (SSSR count). The van der Waals surface area contributed by atoms with Gasteiger partial charge in [0.05, 0.1) is 0 Å². The molecule has 0 aliphatic heterocycles. The highest BCUT2D eigenvalue weighted by Crippen LogP contribution is 2.23. The fourth-order valence-corrected chi connectivity index (χ4v) is 3.22. The van der Waals surface area contributed by atoms with E-state index in [4.69, 9.17) is 4.74 Å². The van der Waals surface area contributed by atoms with Crippen molar-refractivity contribution in [2.75, 3.05) is 5.32 Å².